The summed E-state index contributed by atoms with van der Waals surface area (Å²) in [6.07, 6.45) is 2.93. The van der Waals surface area contributed by atoms with E-state index in [9.17, 15) is 9.59 Å². The van der Waals surface area contributed by atoms with Gasteiger partial charge in [0.25, 0.3) is 0 Å². The molecule has 3 aromatic rings. The maximum Gasteiger partial charge on any atom is 0.317 e. The van der Waals surface area contributed by atoms with Gasteiger partial charge in [-0.3, -0.25) is 4.79 Å². The van der Waals surface area contributed by atoms with Crippen molar-refractivity contribution in [2.75, 3.05) is 26.2 Å². The molecule has 1 saturated heterocycles. The highest BCUT2D eigenvalue weighted by molar-refractivity contribution is 7.10. The third-order valence-corrected chi connectivity index (χ3v) is 7.24. The van der Waals surface area contributed by atoms with Gasteiger partial charge in [0.05, 0.1) is 0 Å². The number of oxazole rings is 1. The molecule has 0 unspecified atom stereocenters. The first-order chi connectivity index (χ1) is 15.2. The third kappa shape index (κ3) is 4.30. The van der Waals surface area contributed by atoms with Crippen LogP contribution in [0, 0.1) is 0 Å². The summed E-state index contributed by atoms with van der Waals surface area (Å²) in [5.74, 6) is 1.10. The first-order valence-corrected chi connectivity index (χ1v) is 11.8. The number of rotatable bonds is 4. The first-order valence-electron chi connectivity index (χ1n) is 10.9. The number of nitrogens with one attached hydrogen (secondary N) is 1. The molecule has 2 aliphatic rings. The van der Waals surface area contributed by atoms with Gasteiger partial charge < -0.3 is 19.5 Å². The number of hydrogen-bond donors (Lipinski definition) is 1. The molecule has 0 atom stereocenters. The maximum absolute atomic E-state index is 12.5. The minimum atomic E-state index is -0.0948. The molecule has 31 heavy (non-hydrogen) atoms. The average Bonchev–Trinajstić information content (AvgIpc) is 3.45. The number of para-hydroxylation sites is 2. The fraction of sp³-hybridized carbons (Fsp3) is 0.435. The van der Waals surface area contributed by atoms with Crippen LogP contribution in [0.15, 0.2) is 40.1 Å². The van der Waals surface area contributed by atoms with Crippen LogP contribution < -0.4 is 5.32 Å². The topological polar surface area (TPSA) is 78.7 Å². The molecule has 0 aliphatic carbocycles. The van der Waals surface area contributed by atoms with Crippen molar-refractivity contribution in [2.45, 2.75) is 38.1 Å². The van der Waals surface area contributed by atoms with Gasteiger partial charge in [-0.2, -0.15) is 0 Å². The monoisotopic (exact) mass is 438 g/mol. The fourth-order valence-electron chi connectivity index (χ4n) is 4.40. The van der Waals surface area contributed by atoms with Crippen LogP contribution in [0.3, 0.4) is 0 Å². The summed E-state index contributed by atoms with van der Waals surface area (Å²) >= 11 is 1.77. The number of aromatic nitrogens is 1. The summed E-state index contributed by atoms with van der Waals surface area (Å²) in [4.78, 5) is 34.7. The van der Waals surface area contributed by atoms with Crippen molar-refractivity contribution >= 4 is 34.4 Å². The van der Waals surface area contributed by atoms with E-state index in [1.807, 2.05) is 34.1 Å². The van der Waals surface area contributed by atoms with E-state index in [2.05, 4.69) is 21.7 Å². The molecule has 162 valence electrons. The van der Waals surface area contributed by atoms with Crippen molar-refractivity contribution in [1.29, 1.82) is 0 Å². The molecule has 3 amide bonds. The van der Waals surface area contributed by atoms with Crippen molar-refractivity contribution in [3.63, 3.8) is 0 Å². The van der Waals surface area contributed by atoms with Gasteiger partial charge in [0.1, 0.15) is 5.52 Å². The Labute approximate surface area is 185 Å². The highest BCUT2D eigenvalue weighted by Crippen LogP contribution is 2.30. The molecule has 0 spiro atoms. The fourth-order valence-corrected chi connectivity index (χ4v) is 5.29. The van der Waals surface area contributed by atoms with Crippen molar-refractivity contribution in [3.8, 4) is 0 Å². The molecule has 1 fully saturated rings. The van der Waals surface area contributed by atoms with Crippen LogP contribution in [0.25, 0.3) is 11.1 Å². The highest BCUT2D eigenvalue weighted by Gasteiger charge is 2.27. The molecular formula is C23H26N4O3S. The molecule has 2 aromatic heterocycles. The van der Waals surface area contributed by atoms with E-state index >= 15 is 0 Å². The second kappa shape index (κ2) is 8.70. The zero-order valence-corrected chi connectivity index (χ0v) is 18.2. The molecule has 0 saturated carbocycles. The Morgan fingerprint density at radius 3 is 2.81 bits per heavy atom. The number of nitrogens with zero attached hydrogens (tertiary/aromatic N) is 3. The van der Waals surface area contributed by atoms with Crippen molar-refractivity contribution in [1.82, 2.24) is 20.1 Å². The van der Waals surface area contributed by atoms with Crippen molar-refractivity contribution < 1.29 is 14.0 Å². The number of fused-ring (bicyclic) bond motifs is 2. The molecule has 1 N–H and O–H groups in total. The Morgan fingerprint density at radius 1 is 1.13 bits per heavy atom. The summed E-state index contributed by atoms with van der Waals surface area (Å²) in [6.45, 7) is 3.15. The van der Waals surface area contributed by atoms with Crippen LogP contribution in [0.5, 0.6) is 0 Å². The molecule has 0 bridgehead atoms. The smallest absolute Gasteiger partial charge is 0.317 e. The van der Waals surface area contributed by atoms with Crippen LogP contribution in [0.1, 0.15) is 41.5 Å². The van der Waals surface area contributed by atoms with Gasteiger partial charge in [-0.1, -0.05) is 12.1 Å². The molecular weight excluding hydrogens is 412 g/mol. The van der Waals surface area contributed by atoms with Crippen LogP contribution in [-0.2, 0) is 17.8 Å². The Kier molecular flexibility index (Phi) is 5.63. The van der Waals surface area contributed by atoms with Crippen LogP contribution in [0.2, 0.25) is 0 Å². The zero-order valence-electron chi connectivity index (χ0n) is 17.4. The zero-order chi connectivity index (χ0) is 21.2. The molecule has 8 heteroatoms. The third-order valence-electron chi connectivity index (χ3n) is 6.22. The van der Waals surface area contributed by atoms with Crippen molar-refractivity contribution in [2.24, 2.45) is 0 Å². The van der Waals surface area contributed by atoms with Crippen LogP contribution in [-0.4, -0.2) is 52.9 Å². The quantitative estimate of drug-likeness (QED) is 0.673. The molecule has 5 rings (SSSR count). The second-order valence-corrected chi connectivity index (χ2v) is 9.20. The number of carbonyl (C=O) groups is 2. The Bertz CT molecular complexity index is 1050. The van der Waals surface area contributed by atoms with Crippen LogP contribution >= 0.6 is 11.3 Å². The number of piperidine rings is 1. The number of urea groups is 1. The largest absolute Gasteiger partial charge is 0.440 e. The lowest BCUT2D eigenvalue weighted by molar-refractivity contribution is -0.131. The number of likely N-dealkylation sites (tertiary alicyclic amines) is 1. The van der Waals surface area contributed by atoms with E-state index in [0.717, 1.165) is 42.8 Å². The lowest BCUT2D eigenvalue weighted by atomic mass is 9.97. The average molecular weight is 439 g/mol. The normalized spacial score (nSPS) is 17.0. The summed E-state index contributed by atoms with van der Waals surface area (Å²) in [7, 11) is 0. The van der Waals surface area contributed by atoms with E-state index in [0.29, 0.717) is 32.6 Å². The molecule has 2 aliphatic heterocycles. The van der Waals surface area contributed by atoms with Crippen molar-refractivity contribution in [3.05, 3.63) is 52.0 Å². The molecule has 1 aromatic carbocycles. The van der Waals surface area contributed by atoms with Gasteiger partial charge in [0, 0.05) is 49.9 Å². The van der Waals surface area contributed by atoms with Crippen LogP contribution in [0.4, 0.5) is 4.79 Å². The first kappa shape index (κ1) is 20.1. The van der Waals surface area contributed by atoms with Gasteiger partial charge in [0.15, 0.2) is 11.5 Å². The lowest BCUT2D eigenvalue weighted by Crippen LogP contribution is -2.45. The minimum absolute atomic E-state index is 0.0948. The molecule has 4 heterocycles. The highest BCUT2D eigenvalue weighted by atomic mass is 32.1. The number of hydrogen-bond acceptors (Lipinski definition) is 5. The SMILES string of the molecule is O=C(CCNC(=O)N1CCC(c2nc3ccccc3o2)CC1)N1CCc2sccc2C1. The Hall–Kier alpha value is -2.87. The van der Waals surface area contributed by atoms with E-state index in [1.54, 1.807) is 11.3 Å². The number of carbonyl (C=O) groups excluding carboxylic acids is 2. The van der Waals surface area contributed by atoms with Gasteiger partial charge in [-0.15, -0.1) is 11.3 Å². The maximum atomic E-state index is 12.5. The second-order valence-electron chi connectivity index (χ2n) is 8.20. The van der Waals surface area contributed by atoms with E-state index in [4.69, 9.17) is 4.42 Å². The number of amides is 3. The summed E-state index contributed by atoms with van der Waals surface area (Å²) in [5.41, 5.74) is 2.95. The van der Waals surface area contributed by atoms with Gasteiger partial charge in [-0.25, -0.2) is 9.78 Å². The summed E-state index contributed by atoms with van der Waals surface area (Å²) in [6, 6.07) is 9.79. The lowest BCUT2D eigenvalue weighted by Gasteiger charge is -2.31. The number of thiophene rings is 1. The van der Waals surface area contributed by atoms with E-state index < -0.39 is 0 Å². The van der Waals surface area contributed by atoms with Gasteiger partial charge >= 0.3 is 6.03 Å². The summed E-state index contributed by atoms with van der Waals surface area (Å²) in [5, 5.41) is 5.00. The van der Waals surface area contributed by atoms with Gasteiger partial charge in [-0.05, 0) is 48.4 Å². The molecule has 0 radical (unpaired) electrons. The number of benzene rings is 1. The predicted octanol–water partition coefficient (Wildman–Crippen LogP) is 3.75. The van der Waals surface area contributed by atoms with Gasteiger partial charge in [0.2, 0.25) is 5.91 Å². The summed E-state index contributed by atoms with van der Waals surface area (Å²) < 4.78 is 5.90. The molecule has 7 nitrogen and oxygen atoms in total. The predicted molar refractivity (Wildman–Crippen MR) is 119 cm³/mol. The van der Waals surface area contributed by atoms with E-state index in [1.165, 1.54) is 10.4 Å². The standard InChI is InChI=1S/C23H26N4O3S/c28-21(27-13-8-20-17(15-27)9-14-31-20)5-10-24-23(29)26-11-6-16(7-12-26)22-25-18-3-1-2-4-19(18)30-22/h1-4,9,14,16H,5-8,10-13,15H2,(H,24,29). The van der Waals surface area contributed by atoms with E-state index in [-0.39, 0.29) is 17.9 Å². The Balaban J connectivity index is 1.06. The Morgan fingerprint density at radius 2 is 1.97 bits per heavy atom. The minimum Gasteiger partial charge on any atom is -0.440 e.